The van der Waals surface area contributed by atoms with E-state index in [-0.39, 0.29) is 11.7 Å². The Morgan fingerprint density at radius 1 is 1.15 bits per heavy atom. The van der Waals surface area contributed by atoms with E-state index < -0.39 is 0 Å². The predicted molar refractivity (Wildman–Crippen MR) is 104 cm³/mol. The molecule has 0 fully saturated rings. The summed E-state index contributed by atoms with van der Waals surface area (Å²) in [7, 11) is 0. The second-order valence-corrected chi connectivity index (χ2v) is 7.23. The topological polar surface area (TPSA) is 72.7 Å². The van der Waals surface area contributed by atoms with Crippen LogP contribution in [0.5, 0.6) is 0 Å². The average molecular weight is 367 g/mol. The Hall–Kier alpha value is -2.67. The summed E-state index contributed by atoms with van der Waals surface area (Å²) in [4.78, 5) is 12.4. The van der Waals surface area contributed by atoms with Gasteiger partial charge < -0.3 is 5.32 Å². The lowest BCUT2D eigenvalue weighted by atomic mass is 10.0. The maximum absolute atomic E-state index is 12.4. The van der Waals surface area contributed by atoms with Crippen LogP contribution in [-0.4, -0.2) is 31.9 Å². The van der Waals surface area contributed by atoms with Gasteiger partial charge in [0.05, 0.1) is 11.4 Å². The van der Waals surface area contributed by atoms with Crippen molar-refractivity contribution in [2.45, 2.75) is 31.8 Å². The molecule has 134 valence electrons. The van der Waals surface area contributed by atoms with E-state index in [9.17, 15) is 4.79 Å². The number of hydrogen-bond donors (Lipinski definition) is 1. The van der Waals surface area contributed by atoms with Gasteiger partial charge in [-0.1, -0.05) is 61.5 Å². The number of anilines is 1. The molecule has 0 aliphatic heterocycles. The third-order valence-corrected chi connectivity index (χ3v) is 4.83. The molecule has 1 aromatic heterocycles. The highest BCUT2D eigenvalue weighted by Crippen LogP contribution is 2.24. The monoisotopic (exact) mass is 367 g/mol. The number of nitrogens with one attached hydrogen (secondary N) is 1. The summed E-state index contributed by atoms with van der Waals surface area (Å²) in [5, 5.41) is 15.3. The normalized spacial score (nSPS) is 10.9. The maximum atomic E-state index is 12.4. The lowest BCUT2D eigenvalue weighted by Crippen LogP contribution is -2.16. The smallest absolute Gasteiger partial charge is 0.234 e. The Bertz CT molecular complexity index is 889. The quantitative estimate of drug-likeness (QED) is 0.671. The number of rotatable bonds is 6. The van der Waals surface area contributed by atoms with Gasteiger partial charge in [0, 0.05) is 5.69 Å². The Balaban J connectivity index is 1.66. The molecule has 1 heterocycles. The van der Waals surface area contributed by atoms with E-state index in [2.05, 4.69) is 34.7 Å². The second kappa shape index (κ2) is 8.14. The van der Waals surface area contributed by atoms with Crippen molar-refractivity contribution < 1.29 is 4.79 Å². The molecule has 0 atom stereocenters. The van der Waals surface area contributed by atoms with Crippen LogP contribution in [0.2, 0.25) is 0 Å². The number of carbonyl (C=O) groups excluding carboxylic acids is 1. The number of hydrogen-bond acceptors (Lipinski definition) is 5. The van der Waals surface area contributed by atoms with Crippen LogP contribution >= 0.6 is 11.8 Å². The van der Waals surface area contributed by atoms with Crippen LogP contribution in [0.3, 0.4) is 0 Å². The number of carbonyl (C=O) groups is 1. The standard InChI is InChI=1S/C19H21N5OS/c1-13(2)16-6-4-5-7-17(16)20-18(25)12-26-19-21-22-23-24(19)15-10-8-14(3)9-11-15/h4-11,13H,12H2,1-3H3,(H,20,25). The Kier molecular flexibility index (Phi) is 5.68. The summed E-state index contributed by atoms with van der Waals surface area (Å²) >= 11 is 1.31. The van der Waals surface area contributed by atoms with E-state index in [1.807, 2.05) is 55.5 Å². The van der Waals surface area contributed by atoms with Crippen LogP contribution < -0.4 is 5.32 Å². The summed E-state index contributed by atoms with van der Waals surface area (Å²) in [6, 6.07) is 15.8. The minimum atomic E-state index is -0.0819. The summed E-state index contributed by atoms with van der Waals surface area (Å²) in [5.41, 5.74) is 4.01. The van der Waals surface area contributed by atoms with E-state index in [4.69, 9.17) is 0 Å². The molecule has 3 aromatic rings. The first-order valence-electron chi connectivity index (χ1n) is 8.41. The molecule has 6 nitrogen and oxygen atoms in total. The summed E-state index contributed by atoms with van der Waals surface area (Å²) in [6.07, 6.45) is 0. The number of aryl methyl sites for hydroxylation is 1. The van der Waals surface area contributed by atoms with Crippen LogP contribution in [0, 0.1) is 6.92 Å². The lowest BCUT2D eigenvalue weighted by Gasteiger charge is -2.13. The highest BCUT2D eigenvalue weighted by molar-refractivity contribution is 7.99. The zero-order valence-electron chi connectivity index (χ0n) is 15.0. The van der Waals surface area contributed by atoms with Gasteiger partial charge >= 0.3 is 0 Å². The molecule has 0 bridgehead atoms. The highest BCUT2D eigenvalue weighted by Gasteiger charge is 2.13. The van der Waals surface area contributed by atoms with Crippen molar-refractivity contribution in [3.8, 4) is 5.69 Å². The summed E-state index contributed by atoms with van der Waals surface area (Å²) in [6.45, 7) is 6.24. The molecule has 3 rings (SSSR count). The number of nitrogens with zero attached hydrogens (tertiary/aromatic N) is 4. The molecule has 7 heteroatoms. The molecule has 0 aliphatic carbocycles. The summed E-state index contributed by atoms with van der Waals surface area (Å²) < 4.78 is 1.64. The third kappa shape index (κ3) is 4.29. The third-order valence-electron chi connectivity index (χ3n) is 3.91. The van der Waals surface area contributed by atoms with Crippen molar-refractivity contribution in [2.24, 2.45) is 0 Å². The van der Waals surface area contributed by atoms with Gasteiger partial charge in [0.25, 0.3) is 0 Å². The predicted octanol–water partition coefficient (Wildman–Crippen LogP) is 3.82. The van der Waals surface area contributed by atoms with E-state index in [0.717, 1.165) is 16.9 Å². The van der Waals surface area contributed by atoms with Gasteiger partial charge in [-0.15, -0.1) is 5.10 Å². The van der Waals surface area contributed by atoms with Crippen LogP contribution in [0.1, 0.15) is 30.9 Å². The van der Waals surface area contributed by atoms with Crippen molar-refractivity contribution >= 4 is 23.4 Å². The molecule has 0 radical (unpaired) electrons. The highest BCUT2D eigenvalue weighted by atomic mass is 32.2. The van der Waals surface area contributed by atoms with Crippen LogP contribution in [0.4, 0.5) is 5.69 Å². The molecule has 0 aliphatic rings. The number of aromatic nitrogens is 4. The van der Waals surface area contributed by atoms with Gasteiger partial charge in [-0.25, -0.2) is 0 Å². The van der Waals surface area contributed by atoms with Gasteiger partial charge in [-0.3, -0.25) is 4.79 Å². The zero-order valence-corrected chi connectivity index (χ0v) is 15.8. The largest absolute Gasteiger partial charge is 0.325 e. The minimum Gasteiger partial charge on any atom is -0.325 e. The number of amides is 1. The molecular formula is C19H21N5OS. The summed E-state index contributed by atoms with van der Waals surface area (Å²) in [5.74, 6) is 0.494. The molecular weight excluding hydrogens is 346 g/mol. The van der Waals surface area contributed by atoms with Crippen molar-refractivity contribution in [1.82, 2.24) is 20.2 Å². The number of para-hydroxylation sites is 1. The molecule has 0 spiro atoms. The Labute approximate surface area is 157 Å². The Morgan fingerprint density at radius 3 is 2.62 bits per heavy atom. The fraction of sp³-hybridized carbons (Fsp3) is 0.263. The lowest BCUT2D eigenvalue weighted by molar-refractivity contribution is -0.113. The van der Waals surface area contributed by atoms with Gasteiger partial charge in [0.15, 0.2) is 0 Å². The van der Waals surface area contributed by atoms with Gasteiger partial charge in [-0.2, -0.15) is 4.68 Å². The van der Waals surface area contributed by atoms with E-state index in [0.29, 0.717) is 11.1 Å². The maximum Gasteiger partial charge on any atom is 0.234 e. The van der Waals surface area contributed by atoms with Gasteiger partial charge in [0.1, 0.15) is 0 Å². The molecule has 26 heavy (non-hydrogen) atoms. The van der Waals surface area contributed by atoms with Crippen molar-refractivity contribution in [3.05, 3.63) is 59.7 Å². The molecule has 2 aromatic carbocycles. The van der Waals surface area contributed by atoms with Gasteiger partial charge in [0.2, 0.25) is 11.1 Å². The van der Waals surface area contributed by atoms with Crippen LogP contribution in [-0.2, 0) is 4.79 Å². The molecule has 0 saturated carbocycles. The first-order chi connectivity index (χ1) is 12.5. The fourth-order valence-corrected chi connectivity index (χ4v) is 3.24. The minimum absolute atomic E-state index is 0.0819. The van der Waals surface area contributed by atoms with Gasteiger partial charge in [-0.05, 0) is 47.0 Å². The number of benzene rings is 2. The number of thioether (sulfide) groups is 1. The van der Waals surface area contributed by atoms with Crippen molar-refractivity contribution in [2.75, 3.05) is 11.1 Å². The van der Waals surface area contributed by atoms with E-state index >= 15 is 0 Å². The first kappa shape index (κ1) is 18.1. The zero-order chi connectivity index (χ0) is 18.5. The Morgan fingerprint density at radius 2 is 1.88 bits per heavy atom. The second-order valence-electron chi connectivity index (χ2n) is 6.29. The van der Waals surface area contributed by atoms with Crippen molar-refractivity contribution in [3.63, 3.8) is 0 Å². The average Bonchev–Trinajstić information content (AvgIpc) is 3.09. The number of tetrazole rings is 1. The molecule has 0 saturated heterocycles. The molecule has 1 N–H and O–H groups in total. The van der Waals surface area contributed by atoms with E-state index in [1.165, 1.54) is 17.3 Å². The van der Waals surface area contributed by atoms with E-state index in [1.54, 1.807) is 4.68 Å². The molecule has 0 unspecified atom stereocenters. The fourth-order valence-electron chi connectivity index (χ4n) is 2.55. The van der Waals surface area contributed by atoms with Crippen molar-refractivity contribution in [1.29, 1.82) is 0 Å². The molecule has 1 amide bonds. The SMILES string of the molecule is Cc1ccc(-n2nnnc2SCC(=O)Nc2ccccc2C(C)C)cc1. The van der Waals surface area contributed by atoms with Crippen LogP contribution in [0.15, 0.2) is 53.7 Å². The van der Waals surface area contributed by atoms with Crippen LogP contribution in [0.25, 0.3) is 5.69 Å². The first-order valence-corrected chi connectivity index (χ1v) is 9.40.